The second kappa shape index (κ2) is 59.5. The van der Waals surface area contributed by atoms with E-state index in [9.17, 15) is 86.6 Å². The molecule has 12 unspecified atom stereocenters. The van der Waals surface area contributed by atoms with Crippen LogP contribution in [0.3, 0.4) is 0 Å². The fourth-order valence-corrected chi connectivity index (χ4v) is 20.8. The number of aliphatic hydroxyl groups is 1. The summed E-state index contributed by atoms with van der Waals surface area (Å²) in [7, 11) is -14.2. The van der Waals surface area contributed by atoms with Crippen LogP contribution < -0.4 is 8.92 Å². The fraction of sp³-hybridized carbons (Fsp3) is 0.573. The van der Waals surface area contributed by atoms with Crippen LogP contribution in [0, 0.1) is 68.0 Å². The van der Waals surface area contributed by atoms with Gasteiger partial charge in [-0.2, -0.15) is 40.0 Å². The molecule has 32 heteroatoms. The first-order valence-electron chi connectivity index (χ1n) is 46.8. The lowest BCUT2D eigenvalue weighted by molar-refractivity contribution is -0.247. The van der Waals surface area contributed by atoms with Gasteiger partial charge in [0.15, 0.2) is 36.4 Å². The number of nitrogens with zero attached hydrogens (tertiary/aromatic N) is 1. The van der Waals surface area contributed by atoms with Gasteiger partial charge < -0.3 is 52.1 Å². The molecule has 15 rings (SSSR count). The number of hydrogen-bond donors (Lipinski definition) is 2. The maximum absolute atomic E-state index is 13.6. The third-order valence-corrected chi connectivity index (χ3v) is 32.7. The molecule has 2 saturated heterocycles. The molecule has 7 fully saturated rings. The van der Waals surface area contributed by atoms with Gasteiger partial charge in [-0.15, -0.1) is 0 Å². The van der Waals surface area contributed by atoms with E-state index < -0.39 is 101 Å². The Morgan fingerprint density at radius 3 is 1.43 bits per heavy atom. The minimum atomic E-state index is -7.33. The zero-order valence-electron chi connectivity index (χ0n) is 80.8. The Labute approximate surface area is 891 Å². The van der Waals surface area contributed by atoms with Crippen molar-refractivity contribution >= 4 is 92.7 Å². The Balaban J connectivity index is -0.000000822. The van der Waals surface area contributed by atoms with Crippen molar-refractivity contribution in [3.05, 3.63) is 193 Å². The summed E-state index contributed by atoms with van der Waals surface area (Å²) in [6.07, 6.45) is 12.3. The molecular weight excluding hydrogens is 1980 g/mol. The molecule has 2 N–H and O–H groups in total. The summed E-state index contributed by atoms with van der Waals surface area (Å²) in [6.45, 7) is 32.7. The fourth-order valence-electron chi connectivity index (χ4n) is 17.0. The largest absolute Gasteiger partial charge is 0.743 e. The van der Waals surface area contributed by atoms with Gasteiger partial charge >= 0.3 is 68.3 Å². The number of thiophene rings is 1. The molecule has 0 amide bonds. The molecule has 0 radical (unpaired) electrons. The van der Waals surface area contributed by atoms with Crippen molar-refractivity contribution < 1.29 is 129 Å². The number of ether oxygens (including phenoxy) is 7. The first kappa shape index (κ1) is 145. The number of fused-ring (bicyclic) bond motifs is 5. The summed E-state index contributed by atoms with van der Waals surface area (Å²) in [4.78, 5) is 84.9. The van der Waals surface area contributed by atoms with Crippen LogP contribution in [0.15, 0.2) is 176 Å². The van der Waals surface area contributed by atoms with Crippen LogP contribution in [0.2, 0.25) is 0 Å². The second-order valence-corrected chi connectivity index (χ2v) is 43.7. The Hall–Kier alpha value is -10.5. The number of phenolic OH excluding ortho intramolecular Hbond substituents is 1. The SMILES string of the molecule is C.C.C.C.C.C.C.C.C.C.C.C.CCC(C)(C)C(=O)OC1C2CC3C(=O)OC1C3C2.CCC(C)(C)C(=O)OCC(=O)OC1C2CC3C1OC(=O)C3(C#N)C2.CCC(C)(C)C(=O)Oc1ccc(-c2ccccc2)cc1.CCC(C)c1ccc(O)cc1.CCC(C)c1ccc(OS(=O)(=O)C(F)(F)C(F)(F)C(F)(F)S(=O)(=O)[O-])cc1.CCC1(OC(=O)C(C)(C)CC)CCCC1.OCCc1ccc(-[s+]2c3ccccc3c3ccccc32)cc1. The molecule has 7 aromatic carbocycles. The monoisotopic (exact) mass is 2160 g/mol. The molecule has 12 atom stereocenters. The zero-order valence-corrected chi connectivity index (χ0v) is 83.3. The van der Waals surface area contributed by atoms with E-state index in [4.69, 9.17) is 43.4 Å². The number of aromatic hydroxyl groups is 1. The van der Waals surface area contributed by atoms with E-state index in [0.717, 1.165) is 87.5 Å². The van der Waals surface area contributed by atoms with Gasteiger partial charge in [-0.05, 0) is 271 Å². The highest BCUT2D eigenvalue weighted by atomic mass is 32.2. The Bertz CT molecular complexity index is 5730. The van der Waals surface area contributed by atoms with E-state index in [1.807, 2.05) is 131 Å². The molecule has 5 saturated carbocycles. The topological polar surface area (TPSA) is 349 Å². The highest BCUT2D eigenvalue weighted by Gasteiger charge is 2.81. The van der Waals surface area contributed by atoms with Gasteiger partial charge in [0.1, 0.15) is 47.3 Å². The van der Waals surface area contributed by atoms with Crippen molar-refractivity contribution in [3.8, 4) is 39.3 Å². The predicted molar refractivity (Wildman–Crippen MR) is 589 cm³/mol. The number of aliphatic hydroxyl groups excluding tert-OH is 1. The lowest BCUT2D eigenvalue weighted by atomic mass is 9.75. The summed E-state index contributed by atoms with van der Waals surface area (Å²) >= 11 is 0. The summed E-state index contributed by atoms with van der Waals surface area (Å²) in [5.74, 6) is -8.14. The molecule has 2 aliphatic heterocycles. The third-order valence-electron chi connectivity index (χ3n) is 28.2. The smallest absolute Gasteiger partial charge is 0.450 e. The van der Waals surface area contributed by atoms with E-state index in [-0.39, 0.29) is 177 Å². The number of carbonyl (C=O) groups excluding carboxylic acids is 7. The van der Waals surface area contributed by atoms with Crippen LogP contribution in [-0.2, 0) is 88.6 Å². The molecule has 8 aromatic rings. The quantitative estimate of drug-likeness (QED) is 0.00836. The molecular formula is C117H177F6NO22S3. The summed E-state index contributed by atoms with van der Waals surface area (Å²) in [5, 5.41) is 16.5. The van der Waals surface area contributed by atoms with E-state index in [0.29, 0.717) is 60.5 Å². The van der Waals surface area contributed by atoms with Crippen molar-refractivity contribution in [1.82, 2.24) is 0 Å². The number of hydrogen-bond acceptors (Lipinski definition) is 23. The molecule has 4 bridgehead atoms. The number of phenols is 1. The van der Waals surface area contributed by atoms with Gasteiger partial charge in [0.2, 0.25) is 0 Å². The van der Waals surface area contributed by atoms with Gasteiger partial charge in [0.05, 0.1) is 33.6 Å². The van der Waals surface area contributed by atoms with E-state index in [2.05, 4.69) is 116 Å². The van der Waals surface area contributed by atoms with E-state index in [1.165, 1.54) is 61.2 Å². The summed E-state index contributed by atoms with van der Waals surface area (Å²) in [6, 6.07) is 57.5. The minimum absolute atomic E-state index is 0. The van der Waals surface area contributed by atoms with E-state index >= 15 is 0 Å². The van der Waals surface area contributed by atoms with Crippen LogP contribution >= 0.6 is 10.5 Å². The number of alkyl halides is 6. The van der Waals surface area contributed by atoms with Gasteiger partial charge in [0.25, 0.3) is 0 Å². The van der Waals surface area contributed by atoms with Crippen molar-refractivity contribution in [2.24, 2.45) is 56.7 Å². The number of rotatable bonds is 29. The number of carbonyl (C=O) groups is 7. The standard InChI is InChI=1S/C20H17OS.C18H20O2.C17H21NO6.C14H20O4.C13H14F6O6S2.C13H24O2.C10H14O.12CH4/c21-14-13-15-9-11-16(12-10-15)22-19-7-3-1-5-17(19)18-6-2-4-8-20(18)22;1-4-18(2,3)17(19)20-16-12-10-15(11-13-16)14-8-6-5-7-9-14;1-4-16(2,3)14(20)22-7-11(19)23-12-9-5-10-13(12)24-15(21)17(10,6-9)8-18;1-4-14(2,3)13(16)18-10-7-5-8-9(6-7)12(15)17-11(8)10;1-3-8(2)9-4-6-10(7-5-9)25-27(23,24)13(18,19)11(14,15)12(16,17)26(20,21)22;1-5-12(3,4)11(14)15-13(6-2)9-7-8-10-13;1-3-8(2)9-4-6-10(11)7-5-9;;;;;;;;;;;;/h1-12,21H,13-14H2;5-13H,4H2,1-3H3;9-10,12-13H,4-7H2,1-3H3;7-11H,4-6H2,1-3H3;4-8H,3H2,1-2H3,(H,20,21,22);5-10H2,1-4H3;4-8,11H,3H2,1-2H3;12*1H4/q+1;;;;;;;;;;;;;;;;;;/p-1. The van der Waals surface area contributed by atoms with Crippen LogP contribution in [0.4, 0.5) is 26.3 Å². The number of nitriles is 1. The maximum Gasteiger partial charge on any atom is 0.450 e. The summed E-state index contributed by atoms with van der Waals surface area (Å²) < 4.78 is 178. The molecule has 23 nitrogen and oxygen atoms in total. The minimum Gasteiger partial charge on any atom is -0.743 e. The molecule has 3 heterocycles. The number of benzene rings is 7. The zero-order chi connectivity index (χ0) is 102. The highest BCUT2D eigenvalue weighted by molar-refractivity contribution is 7.88. The van der Waals surface area contributed by atoms with Crippen molar-refractivity contribution in [2.75, 3.05) is 13.2 Å². The number of halogens is 6. The van der Waals surface area contributed by atoms with Gasteiger partial charge in [-0.3, -0.25) is 28.8 Å². The molecule has 842 valence electrons. The lowest BCUT2D eigenvalue weighted by Gasteiger charge is -2.32. The predicted octanol–water partition coefficient (Wildman–Crippen LogP) is 30.7. The van der Waals surface area contributed by atoms with Crippen molar-refractivity contribution in [1.29, 1.82) is 5.26 Å². The molecule has 0 spiro atoms. The highest BCUT2D eigenvalue weighted by Crippen LogP contribution is 2.63. The molecule has 149 heavy (non-hydrogen) atoms. The van der Waals surface area contributed by atoms with Gasteiger partial charge in [0, 0.05) is 51.5 Å². The van der Waals surface area contributed by atoms with Gasteiger partial charge in [-0.1, -0.05) is 255 Å². The van der Waals surface area contributed by atoms with Crippen LogP contribution in [0.1, 0.15) is 332 Å². The lowest BCUT2D eigenvalue weighted by Crippen LogP contribution is -2.61. The number of esters is 7. The van der Waals surface area contributed by atoms with Crippen molar-refractivity contribution in [3.63, 3.8) is 0 Å². The van der Waals surface area contributed by atoms with E-state index in [1.54, 1.807) is 32.9 Å². The van der Waals surface area contributed by atoms with Crippen molar-refractivity contribution in [2.45, 2.75) is 368 Å². The maximum atomic E-state index is 13.6. The average Bonchev–Trinajstić information content (AvgIpc) is 1.55. The van der Waals surface area contributed by atoms with Crippen LogP contribution in [0.25, 0.3) is 36.2 Å². The normalized spacial score (nSPS) is 19.7. The average molecular weight is 2160 g/mol. The summed E-state index contributed by atoms with van der Waals surface area (Å²) in [5.41, 5.74) is 2.29. The Morgan fingerprint density at radius 2 is 0.966 bits per heavy atom. The Morgan fingerprint density at radius 1 is 0.523 bits per heavy atom. The first-order valence-corrected chi connectivity index (χ1v) is 50.8. The second-order valence-electron chi connectivity index (χ2n) is 38.7. The Kier molecular flexibility index (Phi) is 57.8. The first-order chi connectivity index (χ1) is 64.2. The molecule has 7 aliphatic rings. The molecule has 1 aromatic heterocycles. The third kappa shape index (κ3) is 32.8. The molecule has 5 aliphatic carbocycles. The van der Waals surface area contributed by atoms with Gasteiger partial charge in [-0.25, -0.2) is 13.2 Å². The van der Waals surface area contributed by atoms with Crippen LogP contribution in [-0.4, -0.2) is 133 Å². The van der Waals surface area contributed by atoms with Crippen LogP contribution in [0.5, 0.6) is 17.2 Å².